The minimum absolute atomic E-state index is 0.231. The molecular weight excluding hydrogens is 252 g/mol. The van der Waals surface area contributed by atoms with Gasteiger partial charge >= 0.3 is 0 Å². The minimum atomic E-state index is 0.231. The summed E-state index contributed by atoms with van der Waals surface area (Å²) in [6.07, 6.45) is 3.85. The van der Waals surface area contributed by atoms with Crippen molar-refractivity contribution < 1.29 is 4.74 Å². The van der Waals surface area contributed by atoms with Gasteiger partial charge in [0, 0.05) is 31.9 Å². The molecule has 0 saturated carbocycles. The van der Waals surface area contributed by atoms with Crippen LogP contribution in [0.5, 0.6) is 0 Å². The van der Waals surface area contributed by atoms with Gasteiger partial charge in [0.05, 0.1) is 0 Å². The second-order valence-corrected chi connectivity index (χ2v) is 5.40. The highest BCUT2D eigenvalue weighted by atomic mass is 16.5. The zero-order chi connectivity index (χ0) is 13.9. The summed E-state index contributed by atoms with van der Waals surface area (Å²) in [5.74, 6) is 1.76. The fourth-order valence-corrected chi connectivity index (χ4v) is 3.01. The van der Waals surface area contributed by atoms with Crippen LogP contribution in [0, 0.1) is 5.92 Å². The smallest absolute Gasteiger partial charge is 0.140 e. The number of aromatic nitrogens is 3. The van der Waals surface area contributed by atoms with Crippen molar-refractivity contribution >= 4 is 5.69 Å². The molecule has 0 amide bonds. The monoisotopic (exact) mass is 272 g/mol. The number of nitrogens with zero attached hydrogens (tertiary/aromatic N) is 3. The highest BCUT2D eigenvalue weighted by molar-refractivity contribution is 5.43. The Morgan fingerprint density at radius 1 is 1.35 bits per heavy atom. The SMILES string of the molecule is Cn1cnnc1C(c1cccc(N)c1)C1CCOCC1. The third-order valence-electron chi connectivity index (χ3n) is 4.03. The maximum atomic E-state index is 5.95. The standard InChI is InChI=1S/C15H20N4O/c1-19-10-17-18-15(19)14(11-5-7-20-8-6-11)12-3-2-4-13(16)9-12/h2-4,9-11,14H,5-8,16H2,1H3. The highest BCUT2D eigenvalue weighted by Gasteiger charge is 2.30. The van der Waals surface area contributed by atoms with Crippen LogP contribution in [-0.2, 0) is 11.8 Å². The maximum absolute atomic E-state index is 5.95. The van der Waals surface area contributed by atoms with E-state index in [2.05, 4.69) is 22.3 Å². The predicted molar refractivity (Wildman–Crippen MR) is 77.2 cm³/mol. The number of hydrogen-bond acceptors (Lipinski definition) is 4. The number of ether oxygens (including phenoxy) is 1. The lowest BCUT2D eigenvalue weighted by Gasteiger charge is -2.30. The van der Waals surface area contributed by atoms with Gasteiger partial charge in [-0.05, 0) is 36.5 Å². The third-order valence-corrected chi connectivity index (χ3v) is 4.03. The predicted octanol–water partition coefficient (Wildman–Crippen LogP) is 1.96. The minimum Gasteiger partial charge on any atom is -0.399 e. The molecule has 5 nitrogen and oxygen atoms in total. The largest absolute Gasteiger partial charge is 0.399 e. The van der Waals surface area contributed by atoms with E-state index in [9.17, 15) is 0 Å². The van der Waals surface area contributed by atoms with Crippen molar-refractivity contribution in [3.8, 4) is 0 Å². The quantitative estimate of drug-likeness (QED) is 0.867. The molecule has 0 radical (unpaired) electrons. The Balaban J connectivity index is 2.01. The molecule has 106 valence electrons. The average molecular weight is 272 g/mol. The van der Waals surface area contributed by atoms with Crippen LogP contribution in [0.25, 0.3) is 0 Å². The number of hydrogen-bond donors (Lipinski definition) is 1. The Hall–Kier alpha value is -1.88. The molecule has 2 N–H and O–H groups in total. The van der Waals surface area contributed by atoms with E-state index in [1.807, 2.05) is 23.7 Å². The first-order chi connectivity index (χ1) is 9.75. The maximum Gasteiger partial charge on any atom is 0.140 e. The van der Waals surface area contributed by atoms with Crippen LogP contribution in [0.2, 0.25) is 0 Å². The van der Waals surface area contributed by atoms with Crippen LogP contribution < -0.4 is 5.73 Å². The lowest BCUT2D eigenvalue weighted by molar-refractivity contribution is 0.0606. The fraction of sp³-hybridized carbons (Fsp3) is 0.467. The van der Waals surface area contributed by atoms with Crippen LogP contribution in [0.4, 0.5) is 5.69 Å². The number of nitrogen functional groups attached to an aromatic ring is 1. The normalized spacial score (nSPS) is 18.1. The highest BCUT2D eigenvalue weighted by Crippen LogP contribution is 2.36. The second kappa shape index (κ2) is 5.63. The molecule has 1 fully saturated rings. The van der Waals surface area contributed by atoms with E-state index in [1.165, 1.54) is 5.56 Å². The number of benzene rings is 1. The summed E-state index contributed by atoms with van der Waals surface area (Å²) in [6, 6.07) is 8.11. The van der Waals surface area contributed by atoms with Gasteiger partial charge in [0.25, 0.3) is 0 Å². The summed E-state index contributed by atoms with van der Waals surface area (Å²) in [6.45, 7) is 1.64. The number of rotatable bonds is 3. The molecule has 5 heteroatoms. The summed E-state index contributed by atoms with van der Waals surface area (Å²) in [7, 11) is 1.99. The number of nitrogens with two attached hydrogens (primary N) is 1. The molecule has 0 aliphatic carbocycles. The Morgan fingerprint density at radius 3 is 2.80 bits per heavy atom. The van der Waals surface area contributed by atoms with Crippen LogP contribution in [-0.4, -0.2) is 28.0 Å². The molecule has 1 aliphatic rings. The molecule has 0 bridgehead atoms. The molecule has 2 aromatic rings. The van der Waals surface area contributed by atoms with E-state index in [0.29, 0.717) is 5.92 Å². The topological polar surface area (TPSA) is 66.0 Å². The van der Waals surface area contributed by atoms with Gasteiger partial charge < -0.3 is 15.0 Å². The van der Waals surface area contributed by atoms with Crippen LogP contribution >= 0.6 is 0 Å². The molecule has 2 heterocycles. The molecule has 3 rings (SSSR count). The summed E-state index contributed by atoms with van der Waals surface area (Å²) in [5.41, 5.74) is 7.96. The van der Waals surface area contributed by atoms with E-state index in [0.717, 1.165) is 37.6 Å². The lowest BCUT2D eigenvalue weighted by atomic mass is 9.80. The van der Waals surface area contributed by atoms with Gasteiger partial charge in [-0.3, -0.25) is 0 Å². The molecule has 1 saturated heterocycles. The second-order valence-electron chi connectivity index (χ2n) is 5.40. The van der Waals surface area contributed by atoms with Gasteiger partial charge in [-0.25, -0.2) is 0 Å². The molecule has 0 spiro atoms. The van der Waals surface area contributed by atoms with Crippen LogP contribution in [0.3, 0.4) is 0 Å². The van der Waals surface area contributed by atoms with Crippen molar-refractivity contribution in [3.63, 3.8) is 0 Å². The fourth-order valence-electron chi connectivity index (χ4n) is 3.01. The Morgan fingerprint density at radius 2 is 2.15 bits per heavy atom. The summed E-state index contributed by atoms with van der Waals surface area (Å²) < 4.78 is 7.49. The first-order valence-corrected chi connectivity index (χ1v) is 7.03. The summed E-state index contributed by atoms with van der Waals surface area (Å²) >= 11 is 0. The van der Waals surface area contributed by atoms with E-state index in [4.69, 9.17) is 10.5 Å². The lowest BCUT2D eigenvalue weighted by Crippen LogP contribution is -2.25. The molecular formula is C15H20N4O. The summed E-state index contributed by atoms with van der Waals surface area (Å²) in [5, 5.41) is 8.36. The zero-order valence-electron chi connectivity index (χ0n) is 11.7. The van der Waals surface area contributed by atoms with Crippen molar-refractivity contribution in [2.75, 3.05) is 18.9 Å². The first kappa shape index (κ1) is 13.1. The van der Waals surface area contributed by atoms with Crippen LogP contribution in [0.1, 0.15) is 30.1 Å². The molecule has 1 aromatic carbocycles. The van der Waals surface area contributed by atoms with Crippen LogP contribution in [0.15, 0.2) is 30.6 Å². The van der Waals surface area contributed by atoms with Gasteiger partial charge in [0.2, 0.25) is 0 Å². The van der Waals surface area contributed by atoms with E-state index in [1.54, 1.807) is 6.33 Å². The van der Waals surface area contributed by atoms with Crippen molar-refractivity contribution in [1.29, 1.82) is 0 Å². The van der Waals surface area contributed by atoms with E-state index < -0.39 is 0 Å². The van der Waals surface area contributed by atoms with Gasteiger partial charge in [0.15, 0.2) is 0 Å². The Labute approximate surface area is 118 Å². The first-order valence-electron chi connectivity index (χ1n) is 7.03. The average Bonchev–Trinajstić information content (AvgIpc) is 2.87. The molecule has 1 aliphatic heterocycles. The van der Waals surface area contributed by atoms with Gasteiger partial charge in [-0.15, -0.1) is 10.2 Å². The Kier molecular flexibility index (Phi) is 3.69. The van der Waals surface area contributed by atoms with Gasteiger partial charge in [0.1, 0.15) is 12.2 Å². The molecule has 1 atom stereocenters. The van der Waals surface area contributed by atoms with E-state index in [-0.39, 0.29) is 5.92 Å². The molecule has 20 heavy (non-hydrogen) atoms. The van der Waals surface area contributed by atoms with Crippen molar-refractivity contribution in [3.05, 3.63) is 42.0 Å². The third kappa shape index (κ3) is 2.54. The zero-order valence-corrected chi connectivity index (χ0v) is 11.7. The van der Waals surface area contributed by atoms with Crippen molar-refractivity contribution in [1.82, 2.24) is 14.8 Å². The van der Waals surface area contributed by atoms with E-state index >= 15 is 0 Å². The van der Waals surface area contributed by atoms with Crippen molar-refractivity contribution in [2.24, 2.45) is 13.0 Å². The summed E-state index contributed by atoms with van der Waals surface area (Å²) in [4.78, 5) is 0. The van der Waals surface area contributed by atoms with Gasteiger partial charge in [-0.1, -0.05) is 12.1 Å². The molecule has 1 aromatic heterocycles. The van der Waals surface area contributed by atoms with Crippen molar-refractivity contribution in [2.45, 2.75) is 18.8 Å². The van der Waals surface area contributed by atoms with Gasteiger partial charge in [-0.2, -0.15) is 0 Å². The number of anilines is 1. The molecule has 1 unspecified atom stereocenters. The Bertz CT molecular complexity index is 575. The number of aryl methyl sites for hydroxylation is 1.